The van der Waals surface area contributed by atoms with E-state index in [0.717, 1.165) is 17.2 Å². The van der Waals surface area contributed by atoms with Gasteiger partial charge in [-0.2, -0.15) is 5.10 Å². The summed E-state index contributed by atoms with van der Waals surface area (Å²) in [6, 6.07) is 20.1. The Labute approximate surface area is 203 Å². The molecule has 0 radical (unpaired) electrons. The first kappa shape index (κ1) is 23.9. The molecule has 0 unspecified atom stereocenters. The average Bonchev–Trinajstić information content (AvgIpc) is 3.33. The van der Waals surface area contributed by atoms with Gasteiger partial charge in [-0.1, -0.05) is 36.4 Å². The number of likely N-dealkylation sites (N-methyl/N-ethyl adjacent to an activating group) is 1. The number of rotatable bonds is 7. The number of hydrogen-bond acceptors (Lipinski definition) is 5. The Morgan fingerprint density at radius 2 is 1.80 bits per heavy atom. The van der Waals surface area contributed by atoms with E-state index in [0.29, 0.717) is 23.6 Å². The van der Waals surface area contributed by atoms with Crippen LogP contribution in [0.3, 0.4) is 0 Å². The minimum Gasteiger partial charge on any atom is -0.497 e. The van der Waals surface area contributed by atoms with Crippen LogP contribution in [0, 0.1) is 5.82 Å². The van der Waals surface area contributed by atoms with Crippen molar-refractivity contribution in [3.05, 3.63) is 95.3 Å². The number of hydrazone groups is 1. The lowest BCUT2D eigenvalue weighted by molar-refractivity contribution is -0.133. The van der Waals surface area contributed by atoms with Gasteiger partial charge in [0, 0.05) is 30.7 Å². The fraction of sp³-hybridized carbons (Fsp3) is 0.222. The van der Waals surface area contributed by atoms with Gasteiger partial charge in [0.2, 0.25) is 0 Å². The maximum Gasteiger partial charge on any atom is 0.262 e. The molecule has 1 heterocycles. The van der Waals surface area contributed by atoms with Crippen LogP contribution in [0.4, 0.5) is 4.39 Å². The third-order valence-electron chi connectivity index (χ3n) is 5.86. The van der Waals surface area contributed by atoms with E-state index in [-0.39, 0.29) is 24.1 Å². The zero-order chi connectivity index (χ0) is 24.9. The van der Waals surface area contributed by atoms with Crippen LogP contribution in [0.25, 0.3) is 0 Å². The van der Waals surface area contributed by atoms with Gasteiger partial charge in [-0.05, 0) is 35.9 Å². The zero-order valence-corrected chi connectivity index (χ0v) is 19.8. The summed E-state index contributed by atoms with van der Waals surface area (Å²) in [5.41, 5.74) is 2.54. The maximum absolute atomic E-state index is 13.6. The normalized spacial score (nSPS) is 14.9. The molecular weight excluding hydrogens is 449 g/mol. The van der Waals surface area contributed by atoms with Crippen LogP contribution in [0.1, 0.15) is 33.9 Å². The average molecular weight is 476 g/mol. The lowest BCUT2D eigenvalue weighted by Crippen LogP contribution is -2.39. The highest BCUT2D eigenvalue weighted by molar-refractivity contribution is 6.05. The van der Waals surface area contributed by atoms with Crippen molar-refractivity contribution in [2.45, 2.75) is 12.5 Å². The minimum absolute atomic E-state index is 0.175. The summed E-state index contributed by atoms with van der Waals surface area (Å²) in [6.07, 6.45) is 0.472. The summed E-state index contributed by atoms with van der Waals surface area (Å²) in [7, 11) is 4.66. The van der Waals surface area contributed by atoms with Gasteiger partial charge in [0.25, 0.3) is 11.8 Å². The lowest BCUT2D eigenvalue weighted by atomic mass is 9.98. The SMILES string of the molecule is COc1ccc(C2=NN(C(=O)CN(C)C(=O)c3cccc(F)c3)[C@H](c3ccccc3)C2)c(OC)c1. The Kier molecular flexibility index (Phi) is 7.10. The summed E-state index contributed by atoms with van der Waals surface area (Å²) >= 11 is 0. The van der Waals surface area contributed by atoms with Gasteiger partial charge in [-0.3, -0.25) is 9.59 Å². The van der Waals surface area contributed by atoms with Crippen LogP contribution >= 0.6 is 0 Å². The van der Waals surface area contributed by atoms with Crippen molar-refractivity contribution in [1.82, 2.24) is 9.91 Å². The first-order valence-corrected chi connectivity index (χ1v) is 11.1. The number of methoxy groups -OCH3 is 2. The molecule has 180 valence electrons. The second-order valence-electron chi connectivity index (χ2n) is 8.15. The Hall–Kier alpha value is -4.20. The molecule has 1 aliphatic rings. The number of hydrogen-bond donors (Lipinski definition) is 0. The third-order valence-corrected chi connectivity index (χ3v) is 5.86. The number of carbonyl (C=O) groups is 2. The van der Waals surface area contributed by atoms with Gasteiger partial charge >= 0.3 is 0 Å². The molecule has 0 N–H and O–H groups in total. The topological polar surface area (TPSA) is 71.4 Å². The fourth-order valence-corrected chi connectivity index (χ4v) is 4.06. The van der Waals surface area contributed by atoms with Crippen molar-refractivity contribution in [3.8, 4) is 11.5 Å². The van der Waals surface area contributed by atoms with E-state index in [4.69, 9.17) is 9.47 Å². The van der Waals surface area contributed by atoms with E-state index in [1.54, 1.807) is 20.3 Å². The molecule has 35 heavy (non-hydrogen) atoms. The van der Waals surface area contributed by atoms with Crippen LogP contribution in [0.2, 0.25) is 0 Å². The molecule has 1 atom stereocenters. The predicted molar refractivity (Wildman–Crippen MR) is 130 cm³/mol. The van der Waals surface area contributed by atoms with E-state index in [2.05, 4.69) is 5.10 Å². The monoisotopic (exact) mass is 475 g/mol. The first-order chi connectivity index (χ1) is 16.9. The number of nitrogens with zero attached hydrogens (tertiary/aromatic N) is 3. The first-order valence-electron chi connectivity index (χ1n) is 11.1. The summed E-state index contributed by atoms with van der Waals surface area (Å²) in [5, 5.41) is 6.08. The largest absolute Gasteiger partial charge is 0.497 e. The summed E-state index contributed by atoms with van der Waals surface area (Å²) in [6.45, 7) is -0.213. The van der Waals surface area contributed by atoms with Gasteiger partial charge in [0.05, 0.1) is 26.0 Å². The van der Waals surface area contributed by atoms with Crippen molar-refractivity contribution in [2.75, 3.05) is 27.8 Å². The van der Waals surface area contributed by atoms with Crippen molar-refractivity contribution in [1.29, 1.82) is 0 Å². The molecule has 3 aromatic rings. The summed E-state index contributed by atoms with van der Waals surface area (Å²) in [5.74, 6) is -0.0818. The smallest absolute Gasteiger partial charge is 0.262 e. The Morgan fingerprint density at radius 3 is 2.49 bits per heavy atom. The van der Waals surface area contributed by atoms with Gasteiger partial charge in [0.15, 0.2) is 0 Å². The second kappa shape index (κ2) is 10.4. The van der Waals surface area contributed by atoms with E-state index < -0.39 is 11.7 Å². The molecule has 0 saturated carbocycles. The predicted octanol–water partition coefficient (Wildman–Crippen LogP) is 4.29. The van der Waals surface area contributed by atoms with Crippen molar-refractivity contribution in [2.24, 2.45) is 5.10 Å². The number of halogens is 1. The van der Waals surface area contributed by atoms with Crippen molar-refractivity contribution >= 4 is 17.5 Å². The molecule has 4 rings (SSSR count). The molecule has 7 nitrogen and oxygen atoms in total. The van der Waals surface area contributed by atoms with Gasteiger partial charge in [-0.25, -0.2) is 9.40 Å². The molecule has 0 spiro atoms. The number of ether oxygens (including phenoxy) is 2. The molecule has 0 fully saturated rings. The molecule has 0 aromatic heterocycles. The Bertz CT molecular complexity index is 1260. The Morgan fingerprint density at radius 1 is 1.03 bits per heavy atom. The van der Waals surface area contributed by atoms with E-state index in [1.165, 1.54) is 35.2 Å². The minimum atomic E-state index is -0.512. The molecule has 0 bridgehead atoms. The molecule has 0 saturated heterocycles. The number of amides is 2. The quantitative estimate of drug-likeness (QED) is 0.511. The van der Waals surface area contributed by atoms with E-state index >= 15 is 0 Å². The van der Waals surface area contributed by atoms with Gasteiger partial charge in [-0.15, -0.1) is 0 Å². The maximum atomic E-state index is 13.6. The number of carbonyl (C=O) groups excluding carboxylic acids is 2. The van der Waals surface area contributed by atoms with Gasteiger partial charge < -0.3 is 14.4 Å². The van der Waals surface area contributed by atoms with Crippen LogP contribution in [0.15, 0.2) is 77.9 Å². The third kappa shape index (κ3) is 5.16. The van der Waals surface area contributed by atoms with Crippen LogP contribution < -0.4 is 9.47 Å². The van der Waals surface area contributed by atoms with Crippen LogP contribution in [-0.4, -0.2) is 55.2 Å². The zero-order valence-electron chi connectivity index (χ0n) is 19.8. The van der Waals surface area contributed by atoms with Crippen LogP contribution in [0.5, 0.6) is 11.5 Å². The summed E-state index contributed by atoms with van der Waals surface area (Å²) in [4.78, 5) is 27.4. The van der Waals surface area contributed by atoms with Crippen LogP contribution in [-0.2, 0) is 4.79 Å². The lowest BCUT2D eigenvalue weighted by Gasteiger charge is -2.25. The highest BCUT2D eigenvalue weighted by atomic mass is 19.1. The standard InChI is InChI=1S/C27H26FN3O4/c1-30(27(33)19-10-7-11-20(28)14-19)17-26(32)31-24(18-8-5-4-6-9-18)16-23(29-31)22-13-12-21(34-2)15-25(22)35-3/h4-15,24H,16-17H2,1-3H3/t24-/m0/s1. The fourth-order valence-electron chi connectivity index (χ4n) is 4.06. The Balaban J connectivity index is 1.62. The van der Waals surface area contributed by atoms with E-state index in [9.17, 15) is 14.0 Å². The molecule has 3 aromatic carbocycles. The molecule has 8 heteroatoms. The molecule has 1 aliphatic heterocycles. The van der Waals surface area contributed by atoms with E-state index in [1.807, 2.05) is 42.5 Å². The number of benzene rings is 3. The van der Waals surface area contributed by atoms with Crippen molar-refractivity contribution in [3.63, 3.8) is 0 Å². The molecular formula is C27H26FN3O4. The summed E-state index contributed by atoms with van der Waals surface area (Å²) < 4.78 is 24.4. The molecule has 0 aliphatic carbocycles. The molecule has 2 amide bonds. The highest BCUT2D eigenvalue weighted by Crippen LogP contribution is 2.36. The second-order valence-corrected chi connectivity index (χ2v) is 8.15. The van der Waals surface area contributed by atoms with Crippen molar-refractivity contribution < 1.29 is 23.5 Å². The van der Waals surface area contributed by atoms with Gasteiger partial charge in [0.1, 0.15) is 23.9 Å². The highest BCUT2D eigenvalue weighted by Gasteiger charge is 2.34.